The number of hydrogen-bond donors (Lipinski definition) is 1. The maximum Gasteiger partial charge on any atom is 0.410 e. The molecule has 1 aliphatic heterocycles. The highest BCUT2D eigenvalue weighted by Crippen LogP contribution is 2.36. The van der Waals surface area contributed by atoms with E-state index in [-0.39, 0.29) is 6.09 Å². The van der Waals surface area contributed by atoms with E-state index in [0.29, 0.717) is 24.5 Å². The first kappa shape index (κ1) is 14.5. The highest BCUT2D eigenvalue weighted by Gasteiger charge is 2.30. The maximum atomic E-state index is 12.1. The second-order valence-electron chi connectivity index (χ2n) is 6.10. The molecule has 0 aromatic heterocycles. The van der Waals surface area contributed by atoms with Crippen molar-refractivity contribution in [2.45, 2.75) is 46.4 Å². The molecular weight excluding hydrogens is 256 g/mol. The minimum absolute atomic E-state index is 0.300. The average molecular weight is 278 g/mol. The second-order valence-corrected chi connectivity index (χ2v) is 6.10. The van der Waals surface area contributed by atoms with E-state index < -0.39 is 5.60 Å². The van der Waals surface area contributed by atoms with Gasteiger partial charge in [-0.05, 0) is 50.5 Å². The molecule has 20 heavy (non-hydrogen) atoms. The third-order valence-electron chi connectivity index (χ3n) is 3.34. The summed E-state index contributed by atoms with van der Waals surface area (Å²) in [5.74, 6) is 0.690. The molecule has 2 N–H and O–H groups in total. The molecule has 0 saturated heterocycles. The SMILES string of the molecule is COc1c(N)cc2c(c1C)CN(C(=O)OC(C)(C)C)C2. The van der Waals surface area contributed by atoms with Gasteiger partial charge in [0.2, 0.25) is 0 Å². The lowest BCUT2D eigenvalue weighted by molar-refractivity contribution is 0.0241. The molecule has 110 valence electrons. The number of nitrogens with zero attached hydrogens (tertiary/aromatic N) is 1. The van der Waals surface area contributed by atoms with E-state index in [1.54, 1.807) is 12.0 Å². The number of benzene rings is 1. The van der Waals surface area contributed by atoms with Gasteiger partial charge in [-0.3, -0.25) is 4.90 Å². The van der Waals surface area contributed by atoms with Crippen molar-refractivity contribution in [3.63, 3.8) is 0 Å². The summed E-state index contributed by atoms with van der Waals surface area (Å²) in [6, 6.07) is 1.88. The Hall–Kier alpha value is -1.91. The summed E-state index contributed by atoms with van der Waals surface area (Å²) in [4.78, 5) is 13.8. The number of amides is 1. The van der Waals surface area contributed by atoms with E-state index in [9.17, 15) is 4.79 Å². The van der Waals surface area contributed by atoms with Gasteiger partial charge < -0.3 is 15.2 Å². The summed E-state index contributed by atoms with van der Waals surface area (Å²) < 4.78 is 10.7. The van der Waals surface area contributed by atoms with Crippen LogP contribution in [0, 0.1) is 6.92 Å². The monoisotopic (exact) mass is 278 g/mol. The second kappa shape index (κ2) is 4.89. The third-order valence-corrected chi connectivity index (χ3v) is 3.34. The molecule has 0 spiro atoms. The standard InChI is InChI=1S/C15H22N2O3/c1-9-11-8-17(14(18)20-15(2,3)4)7-10(11)6-12(16)13(9)19-5/h6H,7-8,16H2,1-5H3. The van der Waals surface area contributed by atoms with Gasteiger partial charge in [-0.25, -0.2) is 4.79 Å². The smallest absolute Gasteiger partial charge is 0.410 e. The molecule has 1 aromatic carbocycles. The largest absolute Gasteiger partial charge is 0.494 e. The Morgan fingerprint density at radius 3 is 2.55 bits per heavy atom. The molecule has 0 aliphatic carbocycles. The van der Waals surface area contributed by atoms with E-state index in [1.165, 1.54) is 0 Å². The number of hydrogen-bond acceptors (Lipinski definition) is 4. The van der Waals surface area contributed by atoms with Gasteiger partial charge in [0.25, 0.3) is 0 Å². The lowest BCUT2D eigenvalue weighted by Gasteiger charge is -2.24. The first-order valence-electron chi connectivity index (χ1n) is 6.65. The van der Waals surface area contributed by atoms with Crippen LogP contribution in [0.3, 0.4) is 0 Å². The third kappa shape index (κ3) is 2.66. The quantitative estimate of drug-likeness (QED) is 0.802. The van der Waals surface area contributed by atoms with Crippen LogP contribution >= 0.6 is 0 Å². The Labute approximate surface area is 119 Å². The molecule has 2 rings (SSSR count). The van der Waals surface area contributed by atoms with Crippen molar-refractivity contribution in [3.8, 4) is 5.75 Å². The Bertz CT molecular complexity index is 547. The number of carbonyl (C=O) groups is 1. The van der Waals surface area contributed by atoms with Gasteiger partial charge in [-0.2, -0.15) is 0 Å². The number of rotatable bonds is 1. The number of nitrogen functional groups attached to an aromatic ring is 1. The van der Waals surface area contributed by atoms with Crippen molar-refractivity contribution >= 4 is 11.8 Å². The van der Waals surface area contributed by atoms with Crippen molar-refractivity contribution in [1.82, 2.24) is 4.90 Å². The van der Waals surface area contributed by atoms with E-state index in [1.807, 2.05) is 33.8 Å². The number of anilines is 1. The van der Waals surface area contributed by atoms with Crippen molar-refractivity contribution in [3.05, 3.63) is 22.8 Å². The van der Waals surface area contributed by atoms with Gasteiger partial charge in [0, 0.05) is 6.54 Å². The summed E-state index contributed by atoms with van der Waals surface area (Å²) in [6.45, 7) is 8.61. The van der Waals surface area contributed by atoms with Crippen LogP contribution in [0.15, 0.2) is 6.07 Å². The molecule has 5 heteroatoms. The number of ether oxygens (including phenoxy) is 2. The first-order chi connectivity index (χ1) is 9.23. The highest BCUT2D eigenvalue weighted by atomic mass is 16.6. The summed E-state index contributed by atoms with van der Waals surface area (Å²) in [5, 5.41) is 0. The fourth-order valence-electron chi connectivity index (χ4n) is 2.47. The van der Waals surface area contributed by atoms with E-state index >= 15 is 0 Å². The molecule has 0 radical (unpaired) electrons. The Morgan fingerprint density at radius 1 is 1.35 bits per heavy atom. The molecule has 5 nitrogen and oxygen atoms in total. The molecule has 1 amide bonds. The molecule has 1 aromatic rings. The van der Waals surface area contributed by atoms with Gasteiger partial charge in [0.1, 0.15) is 11.4 Å². The van der Waals surface area contributed by atoms with Crippen LogP contribution in [-0.4, -0.2) is 23.7 Å². The van der Waals surface area contributed by atoms with E-state index in [0.717, 1.165) is 16.7 Å². The molecular formula is C15H22N2O3. The number of nitrogens with two attached hydrogens (primary N) is 1. The topological polar surface area (TPSA) is 64.8 Å². The van der Waals surface area contributed by atoms with Crippen LogP contribution in [0.25, 0.3) is 0 Å². The molecule has 0 atom stereocenters. The number of methoxy groups -OCH3 is 1. The van der Waals surface area contributed by atoms with Gasteiger partial charge in [0.05, 0.1) is 19.3 Å². The summed E-state index contributed by atoms with van der Waals surface area (Å²) in [6.07, 6.45) is -0.300. The zero-order valence-electron chi connectivity index (χ0n) is 12.7. The fourth-order valence-corrected chi connectivity index (χ4v) is 2.47. The van der Waals surface area contributed by atoms with Crippen molar-refractivity contribution in [1.29, 1.82) is 0 Å². The maximum absolute atomic E-state index is 12.1. The number of fused-ring (bicyclic) bond motifs is 1. The van der Waals surface area contributed by atoms with Gasteiger partial charge in [-0.1, -0.05) is 0 Å². The van der Waals surface area contributed by atoms with Crippen LogP contribution in [0.4, 0.5) is 10.5 Å². The Kier molecular flexibility index (Phi) is 3.54. The zero-order valence-corrected chi connectivity index (χ0v) is 12.7. The van der Waals surface area contributed by atoms with Crippen LogP contribution in [0.2, 0.25) is 0 Å². The van der Waals surface area contributed by atoms with E-state index in [2.05, 4.69) is 0 Å². The molecule has 0 fully saturated rings. The molecule has 0 unspecified atom stereocenters. The summed E-state index contributed by atoms with van der Waals surface area (Å²) in [5.41, 5.74) is 9.24. The van der Waals surface area contributed by atoms with Crippen LogP contribution < -0.4 is 10.5 Å². The Morgan fingerprint density at radius 2 is 2.00 bits per heavy atom. The summed E-state index contributed by atoms with van der Waals surface area (Å²) in [7, 11) is 1.60. The zero-order chi connectivity index (χ0) is 15.1. The Balaban J connectivity index is 2.24. The van der Waals surface area contributed by atoms with Crippen LogP contribution in [0.1, 0.15) is 37.5 Å². The predicted octanol–water partition coefficient (Wildman–Crippen LogP) is 2.84. The van der Waals surface area contributed by atoms with Crippen molar-refractivity contribution < 1.29 is 14.3 Å². The molecule has 1 aliphatic rings. The fraction of sp³-hybridized carbons (Fsp3) is 0.533. The van der Waals surface area contributed by atoms with Crippen LogP contribution in [-0.2, 0) is 17.8 Å². The van der Waals surface area contributed by atoms with E-state index in [4.69, 9.17) is 15.2 Å². The lowest BCUT2D eigenvalue weighted by atomic mass is 10.0. The highest BCUT2D eigenvalue weighted by molar-refractivity contribution is 5.71. The predicted molar refractivity (Wildman–Crippen MR) is 77.6 cm³/mol. The van der Waals surface area contributed by atoms with Gasteiger partial charge in [-0.15, -0.1) is 0 Å². The molecule has 0 saturated carbocycles. The normalized spacial score (nSPS) is 14.2. The number of carbonyl (C=O) groups excluding carboxylic acids is 1. The minimum atomic E-state index is -0.488. The van der Waals surface area contributed by atoms with Gasteiger partial charge in [0.15, 0.2) is 0 Å². The van der Waals surface area contributed by atoms with Crippen molar-refractivity contribution in [2.24, 2.45) is 0 Å². The molecule has 0 bridgehead atoms. The lowest BCUT2D eigenvalue weighted by Crippen LogP contribution is -2.33. The first-order valence-corrected chi connectivity index (χ1v) is 6.65. The van der Waals surface area contributed by atoms with Crippen molar-refractivity contribution in [2.75, 3.05) is 12.8 Å². The van der Waals surface area contributed by atoms with Crippen LogP contribution in [0.5, 0.6) is 5.75 Å². The molecule has 1 heterocycles. The average Bonchev–Trinajstić information content (AvgIpc) is 2.71. The van der Waals surface area contributed by atoms with Gasteiger partial charge >= 0.3 is 6.09 Å². The summed E-state index contributed by atoms with van der Waals surface area (Å²) >= 11 is 0. The minimum Gasteiger partial charge on any atom is -0.494 e.